The number of hydrogen-bond acceptors (Lipinski definition) is 3. The van der Waals surface area contributed by atoms with Crippen LogP contribution in [0.25, 0.3) is 0 Å². The number of alkyl halides is 2. The summed E-state index contributed by atoms with van der Waals surface area (Å²) in [5.41, 5.74) is -0.837. The van der Waals surface area contributed by atoms with Crippen LogP contribution in [0.3, 0.4) is 0 Å². The molecule has 1 spiro atoms. The van der Waals surface area contributed by atoms with Crippen LogP contribution in [0, 0.1) is 5.41 Å². The van der Waals surface area contributed by atoms with Gasteiger partial charge >= 0.3 is 6.03 Å². The van der Waals surface area contributed by atoms with E-state index in [0.29, 0.717) is 25.8 Å². The zero-order valence-electron chi connectivity index (χ0n) is 14.0. The monoisotopic (exact) mass is 344 g/mol. The number of nitrogens with zero attached hydrogens (tertiary/aromatic N) is 1. The highest BCUT2D eigenvalue weighted by Gasteiger charge is 2.72. The second-order valence-corrected chi connectivity index (χ2v) is 7.44. The molecule has 2 unspecified atom stereocenters. The molecular weight excluding hydrogens is 318 g/mol. The Kier molecular flexibility index (Phi) is 4.68. The summed E-state index contributed by atoms with van der Waals surface area (Å²) in [7, 11) is 1.62. The smallest absolute Gasteiger partial charge is 0.315 e. The van der Waals surface area contributed by atoms with Gasteiger partial charge in [-0.3, -0.25) is 9.69 Å². The van der Waals surface area contributed by atoms with Gasteiger partial charge in [-0.15, -0.1) is 0 Å². The summed E-state index contributed by atoms with van der Waals surface area (Å²) in [5, 5.41) is 8.39. The number of urea groups is 1. The zero-order chi connectivity index (χ0) is 17.4. The van der Waals surface area contributed by atoms with E-state index in [4.69, 9.17) is 0 Å². The summed E-state index contributed by atoms with van der Waals surface area (Å²) in [6, 6.07) is -0.332. The van der Waals surface area contributed by atoms with Crippen molar-refractivity contribution in [1.29, 1.82) is 0 Å². The number of amides is 3. The fraction of sp³-hybridized carbons (Fsp3) is 0.875. The van der Waals surface area contributed by atoms with Gasteiger partial charge in [-0.05, 0) is 32.1 Å². The third kappa shape index (κ3) is 3.63. The molecule has 3 amide bonds. The highest BCUT2D eigenvalue weighted by Crippen LogP contribution is 2.68. The lowest BCUT2D eigenvalue weighted by molar-refractivity contribution is -0.122. The zero-order valence-corrected chi connectivity index (χ0v) is 14.0. The number of likely N-dealkylation sites (tertiary alicyclic amines) is 1. The van der Waals surface area contributed by atoms with Crippen LogP contribution in [-0.2, 0) is 4.79 Å². The lowest BCUT2D eigenvalue weighted by atomic mass is 10.0. The molecule has 2 saturated carbocycles. The van der Waals surface area contributed by atoms with Crippen LogP contribution in [0.5, 0.6) is 0 Å². The normalized spacial score (nSPS) is 32.5. The number of halogens is 2. The predicted molar refractivity (Wildman–Crippen MR) is 84.8 cm³/mol. The second-order valence-electron chi connectivity index (χ2n) is 7.44. The average molecular weight is 344 g/mol. The molecule has 3 fully saturated rings. The first kappa shape index (κ1) is 17.4. The minimum absolute atomic E-state index is 0.00816. The van der Waals surface area contributed by atoms with Gasteiger partial charge in [0.05, 0.1) is 6.54 Å². The lowest BCUT2D eigenvalue weighted by Gasteiger charge is -2.32. The summed E-state index contributed by atoms with van der Waals surface area (Å²) in [4.78, 5) is 25.5. The van der Waals surface area contributed by atoms with E-state index in [0.717, 1.165) is 25.9 Å². The standard InChI is InChI=1S/C16H26F2N4O2/c1-19-13(23)9-22-6-3-11(4-7-22)20-14(24)21-12-2-5-15(8-12)10-16(15,17)18/h11-12H,2-10H2,1H3,(H,19,23)(H2,20,21,24). The molecule has 24 heavy (non-hydrogen) atoms. The van der Waals surface area contributed by atoms with E-state index in [9.17, 15) is 18.4 Å². The van der Waals surface area contributed by atoms with Gasteiger partial charge in [-0.25, -0.2) is 13.6 Å². The van der Waals surface area contributed by atoms with Gasteiger partial charge in [-0.2, -0.15) is 0 Å². The molecular formula is C16H26F2N4O2. The molecule has 2 atom stereocenters. The third-order valence-electron chi connectivity index (χ3n) is 5.72. The molecule has 0 radical (unpaired) electrons. The lowest BCUT2D eigenvalue weighted by Crippen LogP contribution is -2.50. The number of hydrogen-bond donors (Lipinski definition) is 3. The summed E-state index contributed by atoms with van der Waals surface area (Å²) < 4.78 is 26.7. The van der Waals surface area contributed by atoms with Crippen LogP contribution in [-0.4, -0.2) is 61.5 Å². The first-order chi connectivity index (χ1) is 11.3. The van der Waals surface area contributed by atoms with Gasteiger partial charge in [0.25, 0.3) is 5.92 Å². The molecule has 3 N–H and O–H groups in total. The fourth-order valence-corrected chi connectivity index (χ4v) is 4.05. The fourth-order valence-electron chi connectivity index (χ4n) is 4.05. The van der Waals surface area contributed by atoms with Crippen molar-refractivity contribution < 1.29 is 18.4 Å². The minimum atomic E-state index is -2.53. The second kappa shape index (κ2) is 6.46. The topological polar surface area (TPSA) is 73.5 Å². The van der Waals surface area contributed by atoms with E-state index < -0.39 is 11.3 Å². The largest absolute Gasteiger partial charge is 0.358 e. The van der Waals surface area contributed by atoms with Gasteiger partial charge in [0.2, 0.25) is 5.91 Å². The molecule has 8 heteroatoms. The SMILES string of the molecule is CNC(=O)CN1CCC(NC(=O)NC2CCC3(C2)CC3(F)F)CC1. The molecule has 1 saturated heterocycles. The van der Waals surface area contributed by atoms with Crippen molar-refractivity contribution in [1.82, 2.24) is 20.9 Å². The number of carbonyl (C=O) groups is 2. The van der Waals surface area contributed by atoms with Crippen LogP contribution in [0.1, 0.15) is 38.5 Å². The predicted octanol–water partition coefficient (Wildman–Crippen LogP) is 1.07. The van der Waals surface area contributed by atoms with E-state index >= 15 is 0 Å². The molecule has 0 bridgehead atoms. The van der Waals surface area contributed by atoms with E-state index in [2.05, 4.69) is 20.9 Å². The van der Waals surface area contributed by atoms with E-state index in [1.807, 2.05) is 0 Å². The number of carbonyl (C=O) groups excluding carboxylic acids is 2. The van der Waals surface area contributed by atoms with Gasteiger partial charge in [0.1, 0.15) is 0 Å². The van der Waals surface area contributed by atoms with Crippen LogP contribution < -0.4 is 16.0 Å². The Labute approximate surface area is 140 Å². The molecule has 6 nitrogen and oxygen atoms in total. The Bertz CT molecular complexity index is 508. The molecule has 0 aromatic rings. The summed E-state index contributed by atoms with van der Waals surface area (Å²) >= 11 is 0. The van der Waals surface area contributed by atoms with Crippen molar-refractivity contribution in [3.8, 4) is 0 Å². The minimum Gasteiger partial charge on any atom is -0.358 e. The van der Waals surface area contributed by atoms with Crippen LogP contribution in [0.4, 0.5) is 13.6 Å². The molecule has 0 aromatic heterocycles. The number of rotatable bonds is 4. The maximum Gasteiger partial charge on any atom is 0.315 e. The Hall–Kier alpha value is -1.44. The van der Waals surface area contributed by atoms with Crippen molar-refractivity contribution in [2.24, 2.45) is 5.41 Å². The van der Waals surface area contributed by atoms with Crippen LogP contribution in [0.2, 0.25) is 0 Å². The maximum absolute atomic E-state index is 13.4. The summed E-state index contributed by atoms with van der Waals surface area (Å²) in [6.45, 7) is 1.90. The molecule has 1 heterocycles. The third-order valence-corrected chi connectivity index (χ3v) is 5.72. The Morgan fingerprint density at radius 3 is 2.29 bits per heavy atom. The Morgan fingerprint density at radius 1 is 1.12 bits per heavy atom. The Morgan fingerprint density at radius 2 is 1.75 bits per heavy atom. The molecule has 136 valence electrons. The number of piperidine rings is 1. The van der Waals surface area contributed by atoms with Crippen molar-refractivity contribution in [3.05, 3.63) is 0 Å². The van der Waals surface area contributed by atoms with Crippen LogP contribution in [0.15, 0.2) is 0 Å². The summed E-state index contributed by atoms with van der Waals surface area (Å²) in [6.07, 6.45) is 3.08. The highest BCUT2D eigenvalue weighted by atomic mass is 19.3. The first-order valence-electron chi connectivity index (χ1n) is 8.71. The molecule has 2 aliphatic carbocycles. The first-order valence-corrected chi connectivity index (χ1v) is 8.71. The number of likely N-dealkylation sites (N-methyl/N-ethyl adjacent to an activating group) is 1. The van der Waals surface area contributed by atoms with E-state index in [1.165, 1.54) is 0 Å². The molecule has 3 aliphatic rings. The highest BCUT2D eigenvalue weighted by molar-refractivity contribution is 5.77. The van der Waals surface area contributed by atoms with Gasteiger partial charge in [0, 0.05) is 44.1 Å². The van der Waals surface area contributed by atoms with Crippen LogP contribution >= 0.6 is 0 Å². The van der Waals surface area contributed by atoms with E-state index in [-0.39, 0.29) is 30.4 Å². The van der Waals surface area contributed by atoms with E-state index in [1.54, 1.807) is 7.05 Å². The van der Waals surface area contributed by atoms with Crippen molar-refractivity contribution >= 4 is 11.9 Å². The van der Waals surface area contributed by atoms with Crippen molar-refractivity contribution in [3.63, 3.8) is 0 Å². The number of nitrogens with one attached hydrogen (secondary N) is 3. The summed E-state index contributed by atoms with van der Waals surface area (Å²) in [5.74, 6) is -2.54. The van der Waals surface area contributed by atoms with Crippen molar-refractivity contribution in [2.45, 2.75) is 56.5 Å². The van der Waals surface area contributed by atoms with Gasteiger partial charge in [-0.1, -0.05) is 0 Å². The van der Waals surface area contributed by atoms with Crippen molar-refractivity contribution in [2.75, 3.05) is 26.7 Å². The average Bonchev–Trinajstić information content (AvgIpc) is 2.85. The Balaban J connectivity index is 1.36. The molecule has 0 aromatic carbocycles. The molecule has 1 aliphatic heterocycles. The van der Waals surface area contributed by atoms with Gasteiger partial charge < -0.3 is 16.0 Å². The maximum atomic E-state index is 13.4. The quantitative estimate of drug-likeness (QED) is 0.714. The molecule has 3 rings (SSSR count). The van der Waals surface area contributed by atoms with Gasteiger partial charge in [0.15, 0.2) is 0 Å².